The molecule has 6 nitrogen and oxygen atoms in total. The SMILES string of the molecule is CCCCCC/C=C\C/C=C\CCCCCCCC(=O)OCC(COC(=O)CCCCCCCCCCCCCCCCCC/C=C\C/C=C\C/C=C\CCCCCCC)OC(=O)CCCCCCC/C=C\C/C=C\CCCCCC. The van der Waals surface area contributed by atoms with Crippen molar-refractivity contribution < 1.29 is 28.6 Å². The first-order chi connectivity index (χ1) is 40.0. The van der Waals surface area contributed by atoms with Gasteiger partial charge in [0.25, 0.3) is 0 Å². The van der Waals surface area contributed by atoms with E-state index in [0.29, 0.717) is 19.3 Å². The first-order valence-corrected chi connectivity index (χ1v) is 35.1. The molecule has 0 spiro atoms. The molecule has 0 amide bonds. The fraction of sp³-hybridized carbons (Fsp3) is 0.773. The Morgan fingerprint density at radius 3 is 0.704 bits per heavy atom. The quantitative estimate of drug-likeness (QED) is 0.0261. The topological polar surface area (TPSA) is 78.9 Å². The summed E-state index contributed by atoms with van der Waals surface area (Å²) in [5.41, 5.74) is 0. The first-order valence-electron chi connectivity index (χ1n) is 35.1. The van der Waals surface area contributed by atoms with Crippen LogP contribution in [0, 0.1) is 0 Å². The highest BCUT2D eigenvalue weighted by molar-refractivity contribution is 5.71. The van der Waals surface area contributed by atoms with E-state index in [1.54, 1.807) is 0 Å². The molecule has 1 unspecified atom stereocenters. The minimum atomic E-state index is -0.791. The van der Waals surface area contributed by atoms with Crippen molar-refractivity contribution in [2.75, 3.05) is 13.2 Å². The third-order valence-corrected chi connectivity index (χ3v) is 15.3. The molecule has 468 valence electrons. The van der Waals surface area contributed by atoms with Gasteiger partial charge in [0.05, 0.1) is 0 Å². The second kappa shape index (κ2) is 69.1. The fourth-order valence-corrected chi connectivity index (χ4v) is 10.0. The maximum Gasteiger partial charge on any atom is 0.306 e. The average Bonchev–Trinajstić information content (AvgIpc) is 3.47. The van der Waals surface area contributed by atoms with Gasteiger partial charge in [0.1, 0.15) is 13.2 Å². The summed E-state index contributed by atoms with van der Waals surface area (Å²) in [4.78, 5) is 38.4. The van der Waals surface area contributed by atoms with Crippen molar-refractivity contribution in [3.05, 3.63) is 85.1 Å². The fourth-order valence-electron chi connectivity index (χ4n) is 10.0. The van der Waals surface area contributed by atoms with E-state index >= 15 is 0 Å². The molecule has 0 aromatic heterocycles. The Balaban J connectivity index is 4.25. The highest BCUT2D eigenvalue weighted by Gasteiger charge is 2.19. The number of allylic oxidation sites excluding steroid dienone is 14. The molecule has 0 saturated heterocycles. The Morgan fingerprint density at radius 2 is 0.444 bits per heavy atom. The van der Waals surface area contributed by atoms with Crippen LogP contribution in [0.15, 0.2) is 85.1 Å². The number of rotatable bonds is 64. The molecule has 81 heavy (non-hydrogen) atoms. The van der Waals surface area contributed by atoms with Gasteiger partial charge in [0, 0.05) is 19.3 Å². The van der Waals surface area contributed by atoms with Gasteiger partial charge in [-0.15, -0.1) is 0 Å². The molecule has 0 aromatic carbocycles. The summed E-state index contributed by atoms with van der Waals surface area (Å²) >= 11 is 0. The molecule has 0 saturated carbocycles. The summed E-state index contributed by atoms with van der Waals surface area (Å²) in [6, 6.07) is 0. The van der Waals surface area contributed by atoms with Crippen molar-refractivity contribution in [1.82, 2.24) is 0 Å². The van der Waals surface area contributed by atoms with Crippen molar-refractivity contribution in [3.8, 4) is 0 Å². The van der Waals surface area contributed by atoms with Crippen LogP contribution in [0.1, 0.15) is 355 Å². The second-order valence-corrected chi connectivity index (χ2v) is 23.4. The molecule has 0 aliphatic heterocycles. The predicted molar refractivity (Wildman–Crippen MR) is 353 cm³/mol. The molecule has 0 bridgehead atoms. The molecule has 0 aliphatic carbocycles. The Labute approximate surface area is 503 Å². The van der Waals surface area contributed by atoms with Gasteiger partial charge in [-0.1, -0.05) is 298 Å². The van der Waals surface area contributed by atoms with E-state index in [2.05, 4.69) is 106 Å². The lowest BCUT2D eigenvalue weighted by atomic mass is 10.0. The van der Waals surface area contributed by atoms with Crippen LogP contribution in [-0.4, -0.2) is 37.2 Å². The van der Waals surface area contributed by atoms with E-state index in [9.17, 15) is 14.4 Å². The molecule has 0 rings (SSSR count). The number of ether oxygens (including phenoxy) is 3. The van der Waals surface area contributed by atoms with Gasteiger partial charge in [-0.05, 0) is 122 Å². The molecule has 1 atom stereocenters. The third-order valence-electron chi connectivity index (χ3n) is 15.3. The minimum Gasteiger partial charge on any atom is -0.462 e. The van der Waals surface area contributed by atoms with Crippen LogP contribution in [-0.2, 0) is 28.6 Å². The van der Waals surface area contributed by atoms with E-state index in [4.69, 9.17) is 14.2 Å². The number of hydrogen-bond acceptors (Lipinski definition) is 6. The van der Waals surface area contributed by atoms with Crippen LogP contribution in [0.4, 0.5) is 0 Å². The molecule has 0 aliphatic rings. The number of esters is 3. The third kappa shape index (κ3) is 67.3. The summed E-state index contributed by atoms with van der Waals surface area (Å²) in [7, 11) is 0. The maximum absolute atomic E-state index is 12.9. The molecule has 6 heteroatoms. The monoisotopic (exact) mass is 1130 g/mol. The van der Waals surface area contributed by atoms with Crippen molar-refractivity contribution >= 4 is 17.9 Å². The lowest BCUT2D eigenvalue weighted by molar-refractivity contribution is -0.167. The Kier molecular flexibility index (Phi) is 66.2. The summed E-state index contributed by atoms with van der Waals surface area (Å²) < 4.78 is 16.9. The lowest BCUT2D eigenvalue weighted by Crippen LogP contribution is -2.30. The Hall–Kier alpha value is -3.41. The van der Waals surface area contributed by atoms with Crippen LogP contribution in [0.5, 0.6) is 0 Å². The normalized spacial score (nSPS) is 12.6. The van der Waals surface area contributed by atoms with Gasteiger partial charge >= 0.3 is 17.9 Å². The van der Waals surface area contributed by atoms with Crippen molar-refractivity contribution in [1.29, 1.82) is 0 Å². The minimum absolute atomic E-state index is 0.0846. The largest absolute Gasteiger partial charge is 0.462 e. The summed E-state index contributed by atoms with van der Waals surface area (Å²) in [5.74, 6) is -0.897. The predicted octanol–water partition coefficient (Wildman–Crippen LogP) is 24.2. The maximum atomic E-state index is 12.9. The number of hydrogen-bond donors (Lipinski definition) is 0. The molecule has 0 fully saturated rings. The van der Waals surface area contributed by atoms with Crippen molar-refractivity contribution in [3.63, 3.8) is 0 Å². The zero-order valence-electron chi connectivity index (χ0n) is 53.8. The number of carbonyl (C=O) groups excluding carboxylic acids is 3. The van der Waals surface area contributed by atoms with E-state index in [0.717, 1.165) is 116 Å². The van der Waals surface area contributed by atoms with E-state index in [1.165, 1.54) is 199 Å². The van der Waals surface area contributed by atoms with Crippen LogP contribution < -0.4 is 0 Å². The van der Waals surface area contributed by atoms with Gasteiger partial charge in [-0.3, -0.25) is 14.4 Å². The first kappa shape index (κ1) is 77.6. The molecular weight excluding hydrogens is 997 g/mol. The molecule has 0 radical (unpaired) electrons. The Bertz CT molecular complexity index is 1530. The lowest BCUT2D eigenvalue weighted by Gasteiger charge is -2.18. The van der Waals surface area contributed by atoms with Crippen LogP contribution in [0.2, 0.25) is 0 Å². The zero-order valence-corrected chi connectivity index (χ0v) is 53.8. The van der Waals surface area contributed by atoms with Crippen molar-refractivity contribution in [2.24, 2.45) is 0 Å². The van der Waals surface area contributed by atoms with Gasteiger partial charge in [0.2, 0.25) is 0 Å². The van der Waals surface area contributed by atoms with Gasteiger partial charge < -0.3 is 14.2 Å². The van der Waals surface area contributed by atoms with Gasteiger partial charge in [-0.25, -0.2) is 0 Å². The van der Waals surface area contributed by atoms with Gasteiger partial charge in [-0.2, -0.15) is 0 Å². The highest BCUT2D eigenvalue weighted by Crippen LogP contribution is 2.17. The number of unbranched alkanes of at least 4 members (excludes halogenated alkanes) is 39. The van der Waals surface area contributed by atoms with E-state index < -0.39 is 6.10 Å². The second-order valence-electron chi connectivity index (χ2n) is 23.4. The molecular formula is C75H132O6. The molecule has 0 aromatic rings. The smallest absolute Gasteiger partial charge is 0.306 e. The van der Waals surface area contributed by atoms with E-state index in [1.807, 2.05) is 0 Å². The molecule has 0 N–H and O–H groups in total. The van der Waals surface area contributed by atoms with Crippen LogP contribution in [0.3, 0.4) is 0 Å². The average molecular weight is 1130 g/mol. The van der Waals surface area contributed by atoms with Crippen molar-refractivity contribution in [2.45, 2.75) is 361 Å². The number of carbonyl (C=O) groups is 3. The standard InChI is InChI=1S/C75H132O6/c1-4-7-10-13-16-19-22-25-28-31-32-33-34-35-36-37-38-39-40-41-42-43-44-45-48-50-53-56-59-62-65-68-74(77)80-71-72(81-75(78)69-66-63-60-57-54-51-47-30-27-24-21-18-15-12-9-6-3)70-79-73(76)67-64-61-58-55-52-49-46-29-26-23-20-17-14-11-8-5-2/h20-25,29-32,34-35,46-47,72H,4-19,26-28,33,36-45,48-71H2,1-3H3/b23-20-,24-21-,25-22-,32-31-,35-34-,46-29-,47-30-. The van der Waals surface area contributed by atoms with Crippen LogP contribution >= 0.6 is 0 Å². The van der Waals surface area contributed by atoms with Gasteiger partial charge in [0.15, 0.2) is 6.10 Å². The zero-order chi connectivity index (χ0) is 58.5. The summed E-state index contributed by atoms with van der Waals surface area (Å²) in [6.07, 6.45) is 91.8. The highest BCUT2D eigenvalue weighted by atomic mass is 16.6. The Morgan fingerprint density at radius 1 is 0.247 bits per heavy atom. The van der Waals surface area contributed by atoms with E-state index in [-0.39, 0.29) is 31.1 Å². The van der Waals surface area contributed by atoms with Crippen LogP contribution in [0.25, 0.3) is 0 Å². The molecule has 0 heterocycles. The summed E-state index contributed by atoms with van der Waals surface area (Å²) in [5, 5.41) is 0. The summed E-state index contributed by atoms with van der Waals surface area (Å²) in [6.45, 7) is 6.61.